The van der Waals surface area contributed by atoms with Crippen molar-refractivity contribution in [3.63, 3.8) is 0 Å². The Labute approximate surface area is 87.6 Å². The second kappa shape index (κ2) is 2.76. The highest BCUT2D eigenvalue weighted by Crippen LogP contribution is 2.35. The largest absolute Gasteiger partial charge is 0.740 e. The first-order valence-corrected chi connectivity index (χ1v) is 4.14. The quantitative estimate of drug-likeness (QED) is 0.506. The molecule has 86 valence electrons. The smallest absolute Gasteiger partial charge is 0.276 e. The fourth-order valence-electron chi connectivity index (χ4n) is 1.59. The van der Waals surface area contributed by atoms with Gasteiger partial charge in [-0.3, -0.25) is 15.7 Å². The van der Waals surface area contributed by atoms with Crippen molar-refractivity contribution in [2.75, 3.05) is 0 Å². The zero-order valence-electron chi connectivity index (χ0n) is 7.52. The van der Waals surface area contributed by atoms with E-state index in [0.717, 1.165) is 6.08 Å². The molecule has 0 aromatic rings. The third-order valence-corrected chi connectivity index (χ3v) is 2.33. The van der Waals surface area contributed by atoms with Crippen molar-refractivity contribution < 1.29 is 14.8 Å². The van der Waals surface area contributed by atoms with E-state index in [1.165, 1.54) is 0 Å². The number of hydroxylamine groups is 6. The molecule has 10 heteroatoms. The molecule has 16 heavy (non-hydrogen) atoms. The van der Waals surface area contributed by atoms with Crippen molar-refractivity contribution in [1.29, 1.82) is 0 Å². The Morgan fingerprint density at radius 1 is 1.19 bits per heavy atom. The molecule has 0 spiro atoms. The Hall–Kier alpha value is -2.01. The second-order valence-corrected chi connectivity index (χ2v) is 3.18. The Balaban J connectivity index is 2.08. The Morgan fingerprint density at radius 2 is 1.94 bits per heavy atom. The molecular formula is C6H3N4O6-3. The molecule has 0 saturated carbocycles. The van der Waals surface area contributed by atoms with E-state index in [1.54, 1.807) is 0 Å². The molecule has 10 nitrogen and oxygen atoms in total. The molecule has 0 atom stereocenters. The van der Waals surface area contributed by atoms with Gasteiger partial charge in [0.2, 0.25) is 0 Å². The summed E-state index contributed by atoms with van der Waals surface area (Å²) >= 11 is 0. The van der Waals surface area contributed by atoms with Crippen LogP contribution in [-0.4, -0.2) is 26.3 Å². The van der Waals surface area contributed by atoms with E-state index in [2.05, 4.69) is 9.88 Å². The van der Waals surface area contributed by atoms with Gasteiger partial charge in [-0.15, -0.1) is 0 Å². The number of nitrogens with zero attached hydrogens (tertiary/aromatic N) is 4. The molecule has 0 unspecified atom stereocenters. The van der Waals surface area contributed by atoms with Crippen LogP contribution in [-0.2, 0) is 9.88 Å². The summed E-state index contributed by atoms with van der Waals surface area (Å²) in [6.45, 7) is 0. The van der Waals surface area contributed by atoms with Gasteiger partial charge in [-0.05, 0) is 6.08 Å². The molecule has 0 radical (unpaired) electrons. The maximum absolute atomic E-state index is 11.1. The van der Waals surface area contributed by atoms with Gasteiger partial charge >= 0.3 is 0 Å². The third kappa shape index (κ3) is 1.00. The van der Waals surface area contributed by atoms with Crippen LogP contribution in [0.25, 0.3) is 0 Å². The Kier molecular flexibility index (Phi) is 1.60. The summed E-state index contributed by atoms with van der Waals surface area (Å²) in [7, 11) is 0. The SMILES string of the molecule is [O-]N1O[N+]([O-])=C2CC3=C(C=C21)N([O-])ON3[O-]. The minimum atomic E-state index is -0.203. The predicted octanol–water partition coefficient (Wildman–Crippen LogP) is -0.443. The maximum atomic E-state index is 11.1. The molecule has 0 N–H and O–H groups in total. The van der Waals surface area contributed by atoms with Crippen LogP contribution in [0.15, 0.2) is 23.2 Å². The van der Waals surface area contributed by atoms with Crippen LogP contribution in [0.4, 0.5) is 0 Å². The van der Waals surface area contributed by atoms with Crippen molar-refractivity contribution in [3.8, 4) is 0 Å². The first-order valence-electron chi connectivity index (χ1n) is 4.14. The number of rotatable bonds is 0. The van der Waals surface area contributed by atoms with Crippen molar-refractivity contribution >= 4 is 5.71 Å². The lowest BCUT2D eigenvalue weighted by Crippen LogP contribution is -2.20. The molecule has 2 heterocycles. The van der Waals surface area contributed by atoms with Gasteiger partial charge in [-0.1, -0.05) is 0 Å². The monoisotopic (exact) mass is 227 g/mol. The summed E-state index contributed by atoms with van der Waals surface area (Å²) in [5, 5.41) is 44.3. The van der Waals surface area contributed by atoms with E-state index in [4.69, 9.17) is 0 Å². The van der Waals surface area contributed by atoms with Crippen LogP contribution >= 0.6 is 0 Å². The number of hydrogen-bond acceptors (Lipinski definition) is 9. The van der Waals surface area contributed by atoms with Crippen molar-refractivity contribution in [3.05, 3.63) is 44.0 Å². The van der Waals surface area contributed by atoms with Gasteiger partial charge in [0.05, 0.1) is 22.7 Å². The first kappa shape index (κ1) is 9.23. The van der Waals surface area contributed by atoms with Gasteiger partial charge in [-0.2, -0.15) is 4.94 Å². The van der Waals surface area contributed by atoms with E-state index in [0.29, 0.717) is 0 Å². The summed E-state index contributed by atoms with van der Waals surface area (Å²) in [6.07, 6.45) is 0.857. The minimum absolute atomic E-state index is 0.0100. The minimum Gasteiger partial charge on any atom is -0.740 e. The van der Waals surface area contributed by atoms with Gasteiger partial charge in [-0.25, -0.2) is 0 Å². The van der Waals surface area contributed by atoms with Crippen LogP contribution in [0.2, 0.25) is 0 Å². The highest BCUT2D eigenvalue weighted by molar-refractivity contribution is 5.99. The number of allylic oxidation sites excluding steroid dienone is 3. The summed E-state index contributed by atoms with van der Waals surface area (Å²) < 4.78 is 0. The van der Waals surface area contributed by atoms with E-state index in [1.807, 2.05) is 0 Å². The fourth-order valence-corrected chi connectivity index (χ4v) is 1.59. The van der Waals surface area contributed by atoms with Crippen LogP contribution in [0.5, 0.6) is 0 Å². The lowest BCUT2D eigenvalue weighted by atomic mass is 10.0. The second-order valence-electron chi connectivity index (χ2n) is 3.18. The topological polar surface area (TPSA) is 123 Å². The Bertz CT molecular complexity index is 454. The highest BCUT2D eigenvalue weighted by atomic mass is 17.1. The molecule has 0 bridgehead atoms. The summed E-state index contributed by atoms with van der Waals surface area (Å²) in [5.74, 6) is 0. The summed E-state index contributed by atoms with van der Waals surface area (Å²) in [4.78, 5) is 8.36. The van der Waals surface area contributed by atoms with Gasteiger partial charge in [0.1, 0.15) is 5.70 Å². The molecule has 3 rings (SSSR count). The van der Waals surface area contributed by atoms with Crippen LogP contribution in [0.1, 0.15) is 6.42 Å². The number of hydrogen-bond donors (Lipinski definition) is 0. The molecule has 3 aliphatic rings. The van der Waals surface area contributed by atoms with E-state index >= 15 is 0 Å². The highest BCUT2D eigenvalue weighted by Gasteiger charge is 2.36. The van der Waals surface area contributed by atoms with Crippen LogP contribution < -0.4 is 0 Å². The van der Waals surface area contributed by atoms with Crippen molar-refractivity contribution in [2.24, 2.45) is 0 Å². The molecule has 2 aliphatic heterocycles. The lowest BCUT2D eigenvalue weighted by Gasteiger charge is -2.28. The lowest BCUT2D eigenvalue weighted by molar-refractivity contribution is -0.775. The third-order valence-electron chi connectivity index (χ3n) is 2.33. The van der Waals surface area contributed by atoms with Gasteiger partial charge in [0, 0.05) is 0 Å². The first-order chi connectivity index (χ1) is 7.58. The van der Waals surface area contributed by atoms with E-state index < -0.39 is 0 Å². The van der Waals surface area contributed by atoms with Gasteiger partial charge < -0.3 is 25.8 Å². The fraction of sp³-hybridized carbons (Fsp3) is 0.167. The predicted molar refractivity (Wildman–Crippen MR) is 46.1 cm³/mol. The molecule has 0 aromatic heterocycles. The van der Waals surface area contributed by atoms with Gasteiger partial charge in [0.25, 0.3) is 5.71 Å². The molecule has 0 amide bonds. The molecular weight excluding hydrogens is 224 g/mol. The van der Waals surface area contributed by atoms with Crippen LogP contribution in [0, 0.1) is 20.8 Å². The van der Waals surface area contributed by atoms with Gasteiger partial charge in [0.15, 0.2) is 0 Å². The number of fused-ring (bicyclic) bond motifs is 1. The van der Waals surface area contributed by atoms with Crippen molar-refractivity contribution in [1.82, 2.24) is 15.7 Å². The average molecular weight is 227 g/mol. The molecule has 0 aromatic carbocycles. The van der Waals surface area contributed by atoms with Crippen LogP contribution in [0.3, 0.4) is 0 Å². The zero-order valence-corrected chi connectivity index (χ0v) is 7.52. The standard InChI is InChI=1S/C6H3N4O6/c11-7-3-1-4-6(10(14)16-8(4)12)2-5(3)9(13)15-7/h1H,2H2/q-3. The summed E-state index contributed by atoms with van der Waals surface area (Å²) in [6, 6.07) is 0. The molecule has 1 aliphatic carbocycles. The zero-order chi connectivity index (χ0) is 11.4. The normalized spacial score (nSPS) is 23.7. The maximum Gasteiger partial charge on any atom is 0.276 e. The van der Waals surface area contributed by atoms with E-state index in [-0.39, 0.29) is 49.8 Å². The average Bonchev–Trinajstić information content (AvgIpc) is 2.67. The Morgan fingerprint density at radius 3 is 2.69 bits per heavy atom. The molecule has 0 saturated heterocycles. The van der Waals surface area contributed by atoms with E-state index in [9.17, 15) is 20.8 Å². The molecule has 0 fully saturated rings. The summed E-state index contributed by atoms with van der Waals surface area (Å²) in [5.41, 5.74) is -0.330. The van der Waals surface area contributed by atoms with Crippen molar-refractivity contribution in [2.45, 2.75) is 6.42 Å².